The van der Waals surface area contributed by atoms with Crippen LogP contribution in [0.25, 0.3) is 16.7 Å². The molecule has 0 aliphatic carbocycles. The summed E-state index contributed by atoms with van der Waals surface area (Å²) in [6.45, 7) is 1.23. The highest BCUT2D eigenvalue weighted by molar-refractivity contribution is 5.74. The molecule has 1 heterocycles. The van der Waals surface area contributed by atoms with Gasteiger partial charge in [0.25, 0.3) is 0 Å². The van der Waals surface area contributed by atoms with Gasteiger partial charge in [0.05, 0.1) is 0 Å². The molecule has 0 radical (unpaired) electrons. The number of aliphatic carboxylic acids is 1. The number of rotatable bonds is 4. The van der Waals surface area contributed by atoms with Crippen molar-refractivity contribution in [2.75, 3.05) is 6.61 Å². The molecule has 2 aromatic carbocycles. The number of carboxylic acid groups (broad SMARTS) is 1. The molecule has 0 aliphatic heterocycles. The van der Waals surface area contributed by atoms with Crippen molar-refractivity contribution in [2.24, 2.45) is 0 Å². The molecule has 0 unspecified atom stereocenters. The van der Waals surface area contributed by atoms with E-state index in [0.717, 1.165) is 0 Å². The van der Waals surface area contributed by atoms with Gasteiger partial charge in [-0.15, -0.1) is 15.0 Å². The van der Waals surface area contributed by atoms with Crippen LogP contribution in [0, 0.1) is 6.92 Å². The predicted octanol–water partition coefficient (Wildman–Crippen LogP) is 1.90. The van der Waals surface area contributed by atoms with E-state index in [-0.39, 0.29) is 5.75 Å². The third-order valence-corrected chi connectivity index (χ3v) is 3.12. The fourth-order valence-corrected chi connectivity index (χ4v) is 2.08. The molecule has 3 aromatic rings. The maximum Gasteiger partial charge on any atom is 0.341 e. The lowest BCUT2D eigenvalue weighted by molar-refractivity contribution is -0.139. The fraction of sp³-hybridized carbons (Fsp3) is 0.133. The van der Waals surface area contributed by atoms with E-state index >= 15 is 0 Å². The Balaban J connectivity index is 2.06. The highest BCUT2D eigenvalue weighted by Gasteiger charge is 2.13. The largest absolute Gasteiger partial charge is 0.505 e. The fourth-order valence-electron chi connectivity index (χ4n) is 2.08. The van der Waals surface area contributed by atoms with Gasteiger partial charge in [-0.25, -0.2) is 4.79 Å². The van der Waals surface area contributed by atoms with Gasteiger partial charge in [0.1, 0.15) is 28.2 Å². The van der Waals surface area contributed by atoms with Crippen molar-refractivity contribution in [3.05, 3.63) is 42.0 Å². The van der Waals surface area contributed by atoms with Crippen LogP contribution in [0.4, 0.5) is 0 Å². The first-order chi connectivity index (χ1) is 10.5. The molecule has 0 atom stereocenters. The number of fused-ring (bicyclic) bond motifs is 1. The molecule has 2 N–H and O–H groups in total. The molecule has 22 heavy (non-hydrogen) atoms. The van der Waals surface area contributed by atoms with Crippen LogP contribution in [0.1, 0.15) is 5.56 Å². The van der Waals surface area contributed by atoms with E-state index in [0.29, 0.717) is 28.0 Å². The first-order valence-corrected chi connectivity index (χ1v) is 6.55. The summed E-state index contributed by atoms with van der Waals surface area (Å²) in [5.74, 6) is -0.729. The SMILES string of the molecule is Cc1cc(OCC(=O)O)cc(-n2nc3ccccc3n2)c1O. The molecule has 0 saturated heterocycles. The quantitative estimate of drug-likeness (QED) is 0.763. The number of aromatic hydroxyl groups is 1. The van der Waals surface area contributed by atoms with Gasteiger partial charge in [-0.05, 0) is 30.7 Å². The van der Waals surface area contributed by atoms with Crippen LogP contribution < -0.4 is 4.74 Å². The minimum absolute atomic E-state index is 0.0166. The van der Waals surface area contributed by atoms with Crippen molar-refractivity contribution in [3.63, 3.8) is 0 Å². The highest BCUT2D eigenvalue weighted by Crippen LogP contribution is 2.30. The second-order valence-corrected chi connectivity index (χ2v) is 4.77. The number of ether oxygens (including phenoxy) is 1. The van der Waals surface area contributed by atoms with Gasteiger partial charge in [-0.3, -0.25) is 0 Å². The standard InChI is InChI=1S/C15H13N3O4/c1-9-6-10(22-8-14(19)20)7-13(15(9)21)18-16-11-4-2-3-5-12(11)17-18/h2-7,21H,8H2,1H3,(H,19,20). The number of aromatic nitrogens is 3. The summed E-state index contributed by atoms with van der Waals surface area (Å²) in [5, 5.41) is 27.5. The number of aryl methyl sites for hydroxylation is 1. The molecule has 0 spiro atoms. The minimum atomic E-state index is -1.07. The molecule has 0 aliphatic rings. The summed E-state index contributed by atoms with van der Waals surface area (Å²) in [6, 6.07) is 10.4. The minimum Gasteiger partial charge on any atom is -0.505 e. The van der Waals surface area contributed by atoms with Crippen molar-refractivity contribution in [2.45, 2.75) is 6.92 Å². The van der Waals surface area contributed by atoms with Gasteiger partial charge in [-0.1, -0.05) is 12.1 Å². The van der Waals surface area contributed by atoms with Gasteiger partial charge >= 0.3 is 5.97 Å². The van der Waals surface area contributed by atoms with E-state index in [2.05, 4.69) is 10.2 Å². The van der Waals surface area contributed by atoms with Crippen LogP contribution in [0.5, 0.6) is 11.5 Å². The zero-order chi connectivity index (χ0) is 15.7. The first-order valence-electron chi connectivity index (χ1n) is 6.55. The van der Waals surface area contributed by atoms with E-state index in [1.54, 1.807) is 13.0 Å². The van der Waals surface area contributed by atoms with Gasteiger partial charge in [0.2, 0.25) is 0 Å². The Morgan fingerprint density at radius 1 is 1.23 bits per heavy atom. The van der Waals surface area contributed by atoms with Crippen LogP contribution in [-0.2, 0) is 4.79 Å². The Labute approximate surface area is 125 Å². The number of phenols is 1. The summed E-state index contributed by atoms with van der Waals surface area (Å²) in [4.78, 5) is 11.9. The molecular weight excluding hydrogens is 286 g/mol. The first kappa shape index (κ1) is 13.9. The van der Waals surface area contributed by atoms with Crippen molar-refractivity contribution in [1.29, 1.82) is 0 Å². The Morgan fingerprint density at radius 3 is 2.45 bits per heavy atom. The Hall–Kier alpha value is -3.09. The monoisotopic (exact) mass is 299 g/mol. The van der Waals surface area contributed by atoms with Crippen molar-refractivity contribution in [3.8, 4) is 17.2 Å². The molecule has 0 fully saturated rings. The second-order valence-electron chi connectivity index (χ2n) is 4.77. The summed E-state index contributed by atoms with van der Waals surface area (Å²) in [7, 11) is 0. The number of nitrogens with zero attached hydrogens (tertiary/aromatic N) is 3. The summed E-state index contributed by atoms with van der Waals surface area (Å²) < 4.78 is 5.16. The van der Waals surface area contributed by atoms with Crippen LogP contribution in [0.2, 0.25) is 0 Å². The topological polar surface area (TPSA) is 97.5 Å². The lowest BCUT2D eigenvalue weighted by atomic mass is 10.2. The maximum atomic E-state index is 10.6. The Bertz CT molecular complexity index is 824. The Morgan fingerprint density at radius 2 is 1.86 bits per heavy atom. The zero-order valence-electron chi connectivity index (χ0n) is 11.7. The highest BCUT2D eigenvalue weighted by atomic mass is 16.5. The normalized spacial score (nSPS) is 10.8. The summed E-state index contributed by atoms with van der Waals surface area (Å²) >= 11 is 0. The molecule has 7 heteroatoms. The van der Waals surface area contributed by atoms with Crippen LogP contribution >= 0.6 is 0 Å². The average Bonchev–Trinajstić information content (AvgIpc) is 2.91. The second kappa shape index (κ2) is 5.36. The predicted molar refractivity (Wildman–Crippen MR) is 78.4 cm³/mol. The molecule has 0 amide bonds. The molecule has 0 saturated carbocycles. The van der Waals surface area contributed by atoms with E-state index < -0.39 is 12.6 Å². The average molecular weight is 299 g/mol. The van der Waals surface area contributed by atoms with Gasteiger partial charge in [0, 0.05) is 6.07 Å². The van der Waals surface area contributed by atoms with Gasteiger partial charge in [0.15, 0.2) is 6.61 Å². The third kappa shape index (κ3) is 2.56. The van der Waals surface area contributed by atoms with E-state index in [4.69, 9.17) is 9.84 Å². The van der Waals surface area contributed by atoms with E-state index in [1.165, 1.54) is 10.9 Å². The number of benzene rings is 2. The maximum absolute atomic E-state index is 10.6. The van der Waals surface area contributed by atoms with Gasteiger partial charge < -0.3 is 14.9 Å². The lowest BCUT2D eigenvalue weighted by Gasteiger charge is -2.10. The van der Waals surface area contributed by atoms with Gasteiger partial charge in [-0.2, -0.15) is 0 Å². The number of carbonyl (C=O) groups is 1. The number of hydrogen-bond donors (Lipinski definition) is 2. The van der Waals surface area contributed by atoms with Crippen molar-refractivity contribution >= 4 is 17.0 Å². The van der Waals surface area contributed by atoms with Crippen LogP contribution in [0.15, 0.2) is 36.4 Å². The van der Waals surface area contributed by atoms with E-state index in [9.17, 15) is 9.90 Å². The zero-order valence-corrected chi connectivity index (χ0v) is 11.7. The van der Waals surface area contributed by atoms with Crippen molar-refractivity contribution < 1.29 is 19.7 Å². The summed E-state index contributed by atoms with van der Waals surface area (Å²) in [6.07, 6.45) is 0. The summed E-state index contributed by atoms with van der Waals surface area (Å²) in [5.41, 5.74) is 2.25. The van der Waals surface area contributed by atoms with Crippen molar-refractivity contribution in [1.82, 2.24) is 15.0 Å². The number of phenolic OH excluding ortho intramolecular Hbond substituents is 1. The van der Waals surface area contributed by atoms with E-state index in [1.807, 2.05) is 24.3 Å². The molecule has 1 aromatic heterocycles. The smallest absolute Gasteiger partial charge is 0.341 e. The number of hydrogen-bond acceptors (Lipinski definition) is 5. The van der Waals surface area contributed by atoms with Crippen LogP contribution in [0.3, 0.4) is 0 Å². The number of carboxylic acids is 1. The Kier molecular flexibility index (Phi) is 3.38. The van der Waals surface area contributed by atoms with Crippen LogP contribution in [-0.4, -0.2) is 37.8 Å². The molecule has 3 rings (SSSR count). The lowest BCUT2D eigenvalue weighted by Crippen LogP contribution is -2.10. The molecule has 7 nitrogen and oxygen atoms in total. The third-order valence-electron chi connectivity index (χ3n) is 3.12. The molecular formula is C15H13N3O4. The molecule has 0 bridgehead atoms. The molecule has 112 valence electrons.